The van der Waals surface area contributed by atoms with Crippen molar-refractivity contribution in [2.24, 2.45) is 17.1 Å². The summed E-state index contributed by atoms with van der Waals surface area (Å²) < 4.78 is 39.9. The van der Waals surface area contributed by atoms with E-state index in [1.165, 1.54) is 12.1 Å². The number of hydrogen-bond donors (Lipinski definition) is 2. The highest BCUT2D eigenvalue weighted by molar-refractivity contribution is 5.81. The number of carbonyl (C=O) groups excluding carboxylic acids is 2. The predicted octanol–water partition coefficient (Wildman–Crippen LogP) is 2.70. The van der Waals surface area contributed by atoms with E-state index in [0.29, 0.717) is 44.7 Å². The number of hydrogen-bond acceptors (Lipinski definition) is 4. The molecular formula is C21H26F3N5O2. The zero-order valence-corrected chi connectivity index (χ0v) is 17.3. The van der Waals surface area contributed by atoms with Gasteiger partial charge in [-0.15, -0.1) is 0 Å². The molecule has 2 heterocycles. The number of halogens is 3. The lowest BCUT2D eigenvalue weighted by Gasteiger charge is -2.42. The van der Waals surface area contributed by atoms with Crippen LogP contribution in [-0.2, 0) is 11.0 Å². The Morgan fingerprint density at radius 3 is 2.55 bits per heavy atom. The number of nitrogens with one attached hydrogen (secondary N) is 1. The molecule has 1 spiro atoms. The van der Waals surface area contributed by atoms with Crippen molar-refractivity contribution in [3.8, 4) is 6.07 Å². The summed E-state index contributed by atoms with van der Waals surface area (Å²) in [6.45, 7) is 3.98. The first-order chi connectivity index (χ1) is 14.6. The van der Waals surface area contributed by atoms with Crippen molar-refractivity contribution < 1.29 is 22.8 Å². The third-order valence-electron chi connectivity index (χ3n) is 6.36. The van der Waals surface area contributed by atoms with Gasteiger partial charge in [0.15, 0.2) is 0 Å². The second-order valence-corrected chi connectivity index (χ2v) is 8.26. The minimum Gasteiger partial charge on any atom is -0.371 e. The number of benzene rings is 1. The van der Waals surface area contributed by atoms with Crippen LogP contribution in [0.25, 0.3) is 0 Å². The van der Waals surface area contributed by atoms with Gasteiger partial charge in [0.25, 0.3) is 0 Å². The third-order valence-corrected chi connectivity index (χ3v) is 6.36. The fourth-order valence-electron chi connectivity index (χ4n) is 4.64. The minimum atomic E-state index is -4.62. The molecule has 3 N–H and O–H groups in total. The smallest absolute Gasteiger partial charge is 0.371 e. The summed E-state index contributed by atoms with van der Waals surface area (Å²) in [5, 5.41) is 11.8. The number of primary amides is 1. The molecule has 2 saturated heterocycles. The third kappa shape index (κ3) is 4.55. The highest BCUT2D eigenvalue weighted by Gasteiger charge is 2.51. The first-order valence-corrected chi connectivity index (χ1v) is 10.3. The van der Waals surface area contributed by atoms with Crippen LogP contribution in [0, 0.1) is 22.7 Å². The van der Waals surface area contributed by atoms with E-state index < -0.39 is 34.5 Å². The fraction of sp³-hybridized carbons (Fsp3) is 0.571. The number of amides is 3. The van der Waals surface area contributed by atoms with Crippen LogP contribution in [0.5, 0.6) is 0 Å². The first-order valence-electron chi connectivity index (χ1n) is 10.3. The second kappa shape index (κ2) is 8.65. The SMILES string of the molecule is CCCNC(=O)N1CC(C(N)=O)C2(CCN(c3ccc(C#N)c(C(F)(F)F)c3)CC2)C1. The highest BCUT2D eigenvalue weighted by Crippen LogP contribution is 2.45. The van der Waals surface area contributed by atoms with E-state index in [4.69, 9.17) is 11.0 Å². The van der Waals surface area contributed by atoms with Gasteiger partial charge in [0.05, 0.1) is 23.1 Å². The number of piperidine rings is 1. The molecule has 0 radical (unpaired) electrons. The molecule has 0 aromatic heterocycles. The Kier molecular flexibility index (Phi) is 6.34. The summed E-state index contributed by atoms with van der Waals surface area (Å²) in [5.41, 5.74) is 4.18. The van der Waals surface area contributed by atoms with Crippen LogP contribution in [-0.4, -0.2) is 49.6 Å². The number of rotatable bonds is 4. The number of urea groups is 1. The number of nitrogens with zero attached hydrogens (tertiary/aromatic N) is 3. The number of likely N-dealkylation sites (tertiary alicyclic amines) is 1. The highest BCUT2D eigenvalue weighted by atomic mass is 19.4. The van der Waals surface area contributed by atoms with Gasteiger partial charge < -0.3 is 20.9 Å². The van der Waals surface area contributed by atoms with Crippen LogP contribution in [0.3, 0.4) is 0 Å². The molecule has 0 saturated carbocycles. The monoisotopic (exact) mass is 437 g/mol. The van der Waals surface area contributed by atoms with Gasteiger partial charge in [0, 0.05) is 43.8 Å². The van der Waals surface area contributed by atoms with E-state index in [9.17, 15) is 22.8 Å². The minimum absolute atomic E-state index is 0.227. The molecule has 31 heavy (non-hydrogen) atoms. The Hall–Kier alpha value is -2.96. The van der Waals surface area contributed by atoms with Crippen LogP contribution < -0.4 is 16.0 Å². The lowest BCUT2D eigenvalue weighted by atomic mass is 9.70. The summed E-state index contributed by atoms with van der Waals surface area (Å²) in [6.07, 6.45) is -2.77. The molecule has 10 heteroatoms. The zero-order valence-electron chi connectivity index (χ0n) is 17.3. The second-order valence-electron chi connectivity index (χ2n) is 8.26. The van der Waals surface area contributed by atoms with Gasteiger partial charge in [-0.25, -0.2) is 4.79 Å². The van der Waals surface area contributed by atoms with Crippen molar-refractivity contribution in [2.45, 2.75) is 32.4 Å². The van der Waals surface area contributed by atoms with Crippen molar-refractivity contribution in [1.29, 1.82) is 5.26 Å². The molecule has 1 atom stereocenters. The van der Waals surface area contributed by atoms with Crippen LogP contribution in [0.2, 0.25) is 0 Å². The van der Waals surface area contributed by atoms with Gasteiger partial charge in [0.2, 0.25) is 5.91 Å². The Bertz CT molecular complexity index is 888. The molecular weight excluding hydrogens is 411 g/mol. The van der Waals surface area contributed by atoms with Gasteiger partial charge in [-0.1, -0.05) is 6.92 Å². The normalized spacial score (nSPS) is 20.5. The largest absolute Gasteiger partial charge is 0.417 e. The lowest BCUT2D eigenvalue weighted by molar-refractivity contribution is -0.137. The predicted molar refractivity (Wildman–Crippen MR) is 108 cm³/mol. The van der Waals surface area contributed by atoms with E-state index in [1.807, 2.05) is 11.8 Å². The maximum atomic E-state index is 13.3. The summed E-state index contributed by atoms with van der Waals surface area (Å²) in [4.78, 5) is 28.0. The molecule has 168 valence electrons. The van der Waals surface area contributed by atoms with Gasteiger partial charge in [-0.05, 0) is 37.5 Å². The number of anilines is 1. The van der Waals surface area contributed by atoms with E-state index in [2.05, 4.69) is 5.32 Å². The maximum Gasteiger partial charge on any atom is 0.417 e. The maximum absolute atomic E-state index is 13.3. The molecule has 1 aromatic carbocycles. The summed E-state index contributed by atoms with van der Waals surface area (Å²) >= 11 is 0. The number of alkyl halides is 3. The molecule has 7 nitrogen and oxygen atoms in total. The number of nitriles is 1. The molecule has 1 unspecified atom stereocenters. The van der Waals surface area contributed by atoms with E-state index in [-0.39, 0.29) is 12.6 Å². The van der Waals surface area contributed by atoms with E-state index in [1.54, 1.807) is 11.0 Å². The number of carbonyl (C=O) groups is 2. The van der Waals surface area contributed by atoms with Gasteiger partial charge in [-0.2, -0.15) is 18.4 Å². The van der Waals surface area contributed by atoms with Crippen molar-refractivity contribution >= 4 is 17.6 Å². The van der Waals surface area contributed by atoms with Crippen LogP contribution >= 0.6 is 0 Å². The summed E-state index contributed by atoms with van der Waals surface area (Å²) in [7, 11) is 0. The number of nitrogens with two attached hydrogens (primary N) is 1. The zero-order chi connectivity index (χ0) is 22.8. The van der Waals surface area contributed by atoms with E-state index >= 15 is 0 Å². The Balaban J connectivity index is 1.76. The molecule has 2 aliphatic rings. The molecule has 3 amide bonds. The standard InChI is InChI=1S/C21H26F3N5O2/c1-2-7-27-19(31)29-12-17(18(26)30)20(13-29)5-8-28(9-6-20)15-4-3-14(11-25)16(10-15)21(22,23)24/h3-4,10,17H,2,5-9,12-13H2,1H3,(H2,26,30)(H,27,31). The Morgan fingerprint density at radius 1 is 1.32 bits per heavy atom. The summed E-state index contributed by atoms with van der Waals surface area (Å²) in [6, 6.07) is 5.06. The van der Waals surface area contributed by atoms with Gasteiger partial charge in [-0.3, -0.25) is 4.79 Å². The molecule has 3 rings (SSSR count). The Morgan fingerprint density at radius 2 is 2.00 bits per heavy atom. The van der Waals surface area contributed by atoms with Crippen LogP contribution in [0.4, 0.5) is 23.7 Å². The van der Waals surface area contributed by atoms with Crippen LogP contribution in [0.1, 0.15) is 37.3 Å². The average molecular weight is 437 g/mol. The molecule has 0 aliphatic carbocycles. The molecule has 2 aliphatic heterocycles. The van der Waals surface area contributed by atoms with Crippen LogP contribution in [0.15, 0.2) is 18.2 Å². The van der Waals surface area contributed by atoms with Crippen molar-refractivity contribution in [2.75, 3.05) is 37.6 Å². The van der Waals surface area contributed by atoms with Crippen molar-refractivity contribution in [3.63, 3.8) is 0 Å². The topological polar surface area (TPSA) is 102 Å². The lowest BCUT2D eigenvalue weighted by Crippen LogP contribution is -2.47. The summed E-state index contributed by atoms with van der Waals surface area (Å²) in [5.74, 6) is -0.953. The molecule has 0 bridgehead atoms. The Labute approximate surface area is 179 Å². The first kappa shape index (κ1) is 22.7. The quantitative estimate of drug-likeness (QED) is 0.756. The fourth-order valence-corrected chi connectivity index (χ4v) is 4.64. The molecule has 2 fully saturated rings. The van der Waals surface area contributed by atoms with Gasteiger partial charge in [0.1, 0.15) is 0 Å². The average Bonchev–Trinajstić information content (AvgIpc) is 3.10. The van der Waals surface area contributed by atoms with Crippen molar-refractivity contribution in [3.05, 3.63) is 29.3 Å². The van der Waals surface area contributed by atoms with E-state index in [0.717, 1.165) is 12.5 Å². The van der Waals surface area contributed by atoms with Gasteiger partial charge >= 0.3 is 12.2 Å². The van der Waals surface area contributed by atoms with Crippen molar-refractivity contribution in [1.82, 2.24) is 10.2 Å². The molecule has 1 aromatic rings.